The number of hydrogen-bond donors (Lipinski definition) is 2. The summed E-state index contributed by atoms with van der Waals surface area (Å²) in [5.41, 5.74) is 11.9. The third kappa shape index (κ3) is 3.29. The SMILES string of the molecule is NC(=O)c1ccc(Oc2ccc(C(N)=S)cc2)cc1. The number of hydrogen-bond acceptors (Lipinski definition) is 3. The molecule has 0 fully saturated rings. The maximum atomic E-state index is 10.9. The smallest absolute Gasteiger partial charge is 0.248 e. The Balaban J connectivity index is 2.12. The Morgan fingerprint density at radius 3 is 1.63 bits per heavy atom. The van der Waals surface area contributed by atoms with Crippen LogP contribution in [0.3, 0.4) is 0 Å². The number of carbonyl (C=O) groups excluding carboxylic acids is 1. The molecule has 0 aliphatic heterocycles. The van der Waals surface area contributed by atoms with Gasteiger partial charge in [0.05, 0.1) is 0 Å². The highest BCUT2D eigenvalue weighted by Crippen LogP contribution is 2.22. The van der Waals surface area contributed by atoms with E-state index in [1.807, 2.05) is 0 Å². The molecular formula is C14H12N2O2S. The monoisotopic (exact) mass is 272 g/mol. The van der Waals surface area contributed by atoms with Gasteiger partial charge in [0.1, 0.15) is 16.5 Å². The molecule has 0 radical (unpaired) electrons. The Morgan fingerprint density at radius 1 is 0.842 bits per heavy atom. The second-order valence-corrected chi connectivity index (χ2v) is 4.32. The minimum atomic E-state index is -0.465. The van der Waals surface area contributed by atoms with Gasteiger partial charge in [-0.2, -0.15) is 0 Å². The molecular weight excluding hydrogens is 260 g/mol. The molecule has 2 aromatic rings. The Hall–Kier alpha value is -2.40. The quantitative estimate of drug-likeness (QED) is 0.836. The lowest BCUT2D eigenvalue weighted by Gasteiger charge is -2.06. The van der Waals surface area contributed by atoms with Gasteiger partial charge in [0, 0.05) is 11.1 Å². The molecule has 0 aliphatic rings. The number of benzene rings is 2. The van der Waals surface area contributed by atoms with Gasteiger partial charge in [0.25, 0.3) is 0 Å². The molecule has 0 spiro atoms. The summed E-state index contributed by atoms with van der Waals surface area (Å²) in [5.74, 6) is 0.812. The lowest BCUT2D eigenvalue weighted by atomic mass is 10.2. The molecule has 2 rings (SSSR count). The molecule has 0 saturated heterocycles. The van der Waals surface area contributed by atoms with Crippen molar-refractivity contribution in [1.82, 2.24) is 0 Å². The number of rotatable bonds is 4. The number of primary amides is 1. The molecule has 0 saturated carbocycles. The summed E-state index contributed by atoms with van der Waals surface area (Å²) < 4.78 is 5.61. The first-order valence-electron chi connectivity index (χ1n) is 5.54. The molecule has 0 aliphatic carbocycles. The van der Waals surface area contributed by atoms with Crippen molar-refractivity contribution in [2.24, 2.45) is 11.5 Å². The van der Waals surface area contributed by atoms with Crippen LogP contribution < -0.4 is 16.2 Å². The van der Waals surface area contributed by atoms with Crippen molar-refractivity contribution in [1.29, 1.82) is 0 Å². The number of amides is 1. The zero-order valence-corrected chi connectivity index (χ0v) is 10.8. The molecule has 0 bridgehead atoms. The van der Waals surface area contributed by atoms with Crippen LogP contribution in [0.5, 0.6) is 11.5 Å². The van der Waals surface area contributed by atoms with Gasteiger partial charge in [-0.1, -0.05) is 12.2 Å². The summed E-state index contributed by atoms with van der Waals surface area (Å²) in [6.07, 6.45) is 0. The Bertz CT molecular complexity index is 551. The summed E-state index contributed by atoms with van der Waals surface area (Å²) in [4.78, 5) is 11.3. The zero-order chi connectivity index (χ0) is 13.8. The standard InChI is InChI=1S/C14H12N2O2S/c15-13(17)9-1-5-11(6-2-9)18-12-7-3-10(4-8-12)14(16)19/h1-8H,(H2,15,17)(H2,16,19). The van der Waals surface area contributed by atoms with E-state index < -0.39 is 5.91 Å². The van der Waals surface area contributed by atoms with E-state index >= 15 is 0 Å². The van der Waals surface area contributed by atoms with Crippen molar-refractivity contribution in [2.45, 2.75) is 0 Å². The Morgan fingerprint density at radius 2 is 1.26 bits per heavy atom. The maximum Gasteiger partial charge on any atom is 0.248 e. The first-order chi connectivity index (χ1) is 9.06. The second kappa shape index (κ2) is 5.49. The average Bonchev–Trinajstić information content (AvgIpc) is 2.40. The number of ether oxygens (including phenoxy) is 1. The van der Waals surface area contributed by atoms with Crippen molar-refractivity contribution in [3.8, 4) is 11.5 Å². The molecule has 0 aromatic heterocycles. The summed E-state index contributed by atoms with van der Waals surface area (Å²) in [6.45, 7) is 0. The van der Waals surface area contributed by atoms with E-state index in [9.17, 15) is 4.79 Å². The van der Waals surface area contributed by atoms with E-state index in [1.165, 1.54) is 0 Å². The zero-order valence-electron chi connectivity index (χ0n) is 10.00. The average molecular weight is 272 g/mol. The van der Waals surface area contributed by atoms with E-state index in [1.54, 1.807) is 48.5 Å². The van der Waals surface area contributed by atoms with E-state index in [0.717, 1.165) is 5.56 Å². The van der Waals surface area contributed by atoms with Gasteiger partial charge in [-0.3, -0.25) is 4.79 Å². The second-order valence-electron chi connectivity index (χ2n) is 3.88. The van der Waals surface area contributed by atoms with Crippen molar-refractivity contribution >= 4 is 23.1 Å². The minimum Gasteiger partial charge on any atom is -0.457 e. The highest BCUT2D eigenvalue weighted by Gasteiger charge is 2.02. The molecule has 4 N–H and O–H groups in total. The third-order valence-corrected chi connectivity index (χ3v) is 2.75. The minimum absolute atomic E-state index is 0.345. The van der Waals surface area contributed by atoms with Crippen molar-refractivity contribution in [3.05, 3.63) is 59.7 Å². The fourth-order valence-corrected chi connectivity index (χ4v) is 1.65. The lowest BCUT2D eigenvalue weighted by Crippen LogP contribution is -2.10. The van der Waals surface area contributed by atoms with Crippen LogP contribution in [0, 0.1) is 0 Å². The van der Waals surface area contributed by atoms with E-state index in [0.29, 0.717) is 22.1 Å². The predicted octanol–water partition coefficient (Wildman–Crippen LogP) is 2.21. The summed E-state index contributed by atoms with van der Waals surface area (Å²) in [5, 5.41) is 0. The highest BCUT2D eigenvalue weighted by atomic mass is 32.1. The van der Waals surface area contributed by atoms with Crippen LogP contribution in [0.1, 0.15) is 15.9 Å². The van der Waals surface area contributed by atoms with Gasteiger partial charge in [0.15, 0.2) is 0 Å². The van der Waals surface area contributed by atoms with E-state index in [4.69, 9.17) is 28.4 Å². The number of thiocarbonyl (C=S) groups is 1. The molecule has 0 heterocycles. The van der Waals surface area contributed by atoms with Gasteiger partial charge >= 0.3 is 0 Å². The van der Waals surface area contributed by atoms with Crippen molar-refractivity contribution in [2.75, 3.05) is 0 Å². The van der Waals surface area contributed by atoms with Crippen LogP contribution >= 0.6 is 12.2 Å². The highest BCUT2D eigenvalue weighted by molar-refractivity contribution is 7.80. The molecule has 0 unspecified atom stereocenters. The molecule has 0 atom stereocenters. The maximum absolute atomic E-state index is 10.9. The molecule has 5 heteroatoms. The fourth-order valence-electron chi connectivity index (χ4n) is 1.51. The summed E-state index contributed by atoms with van der Waals surface area (Å²) >= 11 is 4.87. The fraction of sp³-hybridized carbons (Fsp3) is 0. The largest absolute Gasteiger partial charge is 0.457 e. The topological polar surface area (TPSA) is 78.3 Å². The van der Waals surface area contributed by atoms with Crippen LogP contribution in [0.2, 0.25) is 0 Å². The van der Waals surface area contributed by atoms with E-state index in [2.05, 4.69) is 0 Å². The first-order valence-corrected chi connectivity index (χ1v) is 5.94. The van der Waals surface area contributed by atoms with Crippen LogP contribution in [-0.4, -0.2) is 10.9 Å². The molecule has 2 aromatic carbocycles. The summed E-state index contributed by atoms with van der Waals surface area (Å²) in [6, 6.07) is 13.7. The third-order valence-electron chi connectivity index (χ3n) is 2.51. The molecule has 1 amide bonds. The predicted molar refractivity (Wildman–Crippen MR) is 77.4 cm³/mol. The van der Waals surface area contributed by atoms with Crippen molar-refractivity contribution < 1.29 is 9.53 Å². The number of carbonyl (C=O) groups is 1. The van der Waals surface area contributed by atoms with Crippen LogP contribution in [-0.2, 0) is 0 Å². The lowest BCUT2D eigenvalue weighted by molar-refractivity contribution is 0.100. The van der Waals surface area contributed by atoms with Crippen LogP contribution in [0.15, 0.2) is 48.5 Å². The van der Waals surface area contributed by atoms with Gasteiger partial charge in [-0.25, -0.2) is 0 Å². The molecule has 4 nitrogen and oxygen atoms in total. The van der Waals surface area contributed by atoms with Crippen LogP contribution in [0.25, 0.3) is 0 Å². The Kier molecular flexibility index (Phi) is 3.77. The van der Waals surface area contributed by atoms with Gasteiger partial charge in [0.2, 0.25) is 5.91 Å². The number of nitrogens with two attached hydrogens (primary N) is 2. The summed E-state index contributed by atoms with van der Waals surface area (Å²) in [7, 11) is 0. The van der Waals surface area contributed by atoms with Gasteiger partial charge in [-0.15, -0.1) is 0 Å². The van der Waals surface area contributed by atoms with Gasteiger partial charge in [-0.05, 0) is 48.5 Å². The Labute approximate surface area is 116 Å². The van der Waals surface area contributed by atoms with Gasteiger partial charge < -0.3 is 16.2 Å². The van der Waals surface area contributed by atoms with Crippen LogP contribution in [0.4, 0.5) is 0 Å². The normalized spacial score (nSPS) is 9.89. The van der Waals surface area contributed by atoms with Crippen molar-refractivity contribution in [3.63, 3.8) is 0 Å². The molecule has 19 heavy (non-hydrogen) atoms. The van der Waals surface area contributed by atoms with E-state index in [-0.39, 0.29) is 0 Å². The first kappa shape index (κ1) is 13.0. The molecule has 96 valence electrons.